The van der Waals surface area contributed by atoms with E-state index in [1.807, 2.05) is 0 Å². The molecule has 1 aromatic rings. The second-order valence-corrected chi connectivity index (χ2v) is 4.23. The number of nitrogen functional groups attached to an aromatic ring is 1. The Hall–Kier alpha value is -1.85. The van der Waals surface area contributed by atoms with E-state index in [1.165, 1.54) is 12.1 Å². The Labute approximate surface area is 101 Å². The molecule has 0 aliphatic rings. The van der Waals surface area contributed by atoms with E-state index in [0.29, 0.717) is 24.1 Å². The molecule has 0 spiro atoms. The molecule has 0 radical (unpaired) electrons. The molecule has 0 bridgehead atoms. The van der Waals surface area contributed by atoms with Gasteiger partial charge in [0.05, 0.1) is 4.92 Å². The fourth-order valence-electron chi connectivity index (χ4n) is 1.56. The van der Waals surface area contributed by atoms with Gasteiger partial charge in [0, 0.05) is 19.7 Å². The topological polar surface area (TPSA) is 85.3 Å². The summed E-state index contributed by atoms with van der Waals surface area (Å²) in [5, 5.41) is 10.9. The standard InChI is InChI=1S/C11H18N4O2/c1-4-8(2)7-14(3)11-9(15(16)17)5-6-10(12)13-11/h5-6,8H,4,7H2,1-3H3,(H2,12,13). The Morgan fingerprint density at radius 2 is 2.24 bits per heavy atom. The lowest BCUT2D eigenvalue weighted by Crippen LogP contribution is -2.25. The van der Waals surface area contributed by atoms with Gasteiger partial charge in [0.2, 0.25) is 5.82 Å². The lowest BCUT2D eigenvalue weighted by atomic mass is 10.1. The summed E-state index contributed by atoms with van der Waals surface area (Å²) >= 11 is 0. The van der Waals surface area contributed by atoms with Gasteiger partial charge in [-0.05, 0) is 12.0 Å². The Kier molecular flexibility index (Phi) is 4.25. The Morgan fingerprint density at radius 3 is 2.76 bits per heavy atom. The van der Waals surface area contributed by atoms with E-state index < -0.39 is 4.92 Å². The van der Waals surface area contributed by atoms with Gasteiger partial charge in [0.25, 0.3) is 0 Å². The Bertz CT molecular complexity index is 408. The van der Waals surface area contributed by atoms with Gasteiger partial charge in [-0.25, -0.2) is 4.98 Å². The van der Waals surface area contributed by atoms with Crippen molar-refractivity contribution in [3.63, 3.8) is 0 Å². The van der Waals surface area contributed by atoms with E-state index in [2.05, 4.69) is 18.8 Å². The molecule has 0 saturated carbocycles. The third-order valence-electron chi connectivity index (χ3n) is 2.72. The van der Waals surface area contributed by atoms with E-state index in [1.54, 1.807) is 11.9 Å². The average Bonchev–Trinajstić information content (AvgIpc) is 2.28. The minimum Gasteiger partial charge on any atom is -0.384 e. The van der Waals surface area contributed by atoms with Crippen LogP contribution in [0.4, 0.5) is 17.3 Å². The minimum atomic E-state index is -0.436. The molecule has 0 fully saturated rings. The van der Waals surface area contributed by atoms with Gasteiger partial charge in [0.1, 0.15) is 5.82 Å². The van der Waals surface area contributed by atoms with Crippen LogP contribution in [0.15, 0.2) is 12.1 Å². The molecule has 1 heterocycles. The monoisotopic (exact) mass is 238 g/mol. The number of anilines is 2. The largest absolute Gasteiger partial charge is 0.384 e. The van der Waals surface area contributed by atoms with Gasteiger partial charge in [-0.3, -0.25) is 10.1 Å². The van der Waals surface area contributed by atoms with Gasteiger partial charge in [0.15, 0.2) is 0 Å². The van der Waals surface area contributed by atoms with Crippen molar-refractivity contribution in [1.29, 1.82) is 0 Å². The van der Waals surface area contributed by atoms with E-state index in [9.17, 15) is 10.1 Å². The predicted molar refractivity (Wildman–Crippen MR) is 68.0 cm³/mol. The van der Waals surface area contributed by atoms with Crippen LogP contribution in [-0.2, 0) is 0 Å². The van der Waals surface area contributed by atoms with Crippen LogP contribution in [0.3, 0.4) is 0 Å². The summed E-state index contributed by atoms with van der Waals surface area (Å²) < 4.78 is 0. The highest BCUT2D eigenvalue weighted by molar-refractivity contribution is 5.60. The van der Waals surface area contributed by atoms with Crippen LogP contribution in [0, 0.1) is 16.0 Å². The maximum atomic E-state index is 10.9. The van der Waals surface area contributed by atoms with Crippen molar-refractivity contribution in [3.8, 4) is 0 Å². The molecule has 0 saturated heterocycles. The van der Waals surface area contributed by atoms with E-state index in [-0.39, 0.29) is 5.69 Å². The quantitative estimate of drug-likeness (QED) is 0.626. The summed E-state index contributed by atoms with van der Waals surface area (Å²) in [5.41, 5.74) is 5.56. The lowest BCUT2D eigenvalue weighted by Gasteiger charge is -2.21. The van der Waals surface area contributed by atoms with Crippen LogP contribution < -0.4 is 10.6 Å². The number of aromatic nitrogens is 1. The van der Waals surface area contributed by atoms with Crippen LogP contribution in [-0.4, -0.2) is 23.5 Å². The smallest absolute Gasteiger partial charge is 0.311 e. The molecule has 17 heavy (non-hydrogen) atoms. The van der Waals surface area contributed by atoms with Crippen molar-refractivity contribution < 1.29 is 4.92 Å². The first-order valence-corrected chi connectivity index (χ1v) is 5.57. The molecule has 0 aliphatic heterocycles. The predicted octanol–water partition coefficient (Wildman–Crippen LogP) is 2.05. The SMILES string of the molecule is CCC(C)CN(C)c1nc(N)ccc1[N+](=O)[O-]. The molecule has 1 rings (SSSR count). The molecule has 0 amide bonds. The molecule has 94 valence electrons. The molecular weight excluding hydrogens is 220 g/mol. The van der Waals surface area contributed by atoms with Gasteiger partial charge >= 0.3 is 5.69 Å². The lowest BCUT2D eigenvalue weighted by molar-refractivity contribution is -0.384. The summed E-state index contributed by atoms with van der Waals surface area (Å²) in [6.07, 6.45) is 1.01. The molecule has 1 unspecified atom stereocenters. The van der Waals surface area contributed by atoms with Crippen molar-refractivity contribution in [2.45, 2.75) is 20.3 Å². The third-order valence-corrected chi connectivity index (χ3v) is 2.72. The minimum absolute atomic E-state index is 0.00926. The van der Waals surface area contributed by atoms with Crippen molar-refractivity contribution in [2.75, 3.05) is 24.2 Å². The maximum absolute atomic E-state index is 10.9. The number of nitrogens with zero attached hydrogens (tertiary/aromatic N) is 3. The Balaban J connectivity index is 3.02. The molecule has 6 heteroatoms. The molecule has 2 N–H and O–H groups in total. The number of rotatable bonds is 5. The number of hydrogen-bond acceptors (Lipinski definition) is 5. The number of pyridine rings is 1. The van der Waals surface area contributed by atoms with Crippen LogP contribution in [0.5, 0.6) is 0 Å². The van der Waals surface area contributed by atoms with Crippen molar-refractivity contribution in [2.24, 2.45) is 5.92 Å². The highest BCUT2D eigenvalue weighted by Crippen LogP contribution is 2.26. The Morgan fingerprint density at radius 1 is 1.59 bits per heavy atom. The molecule has 6 nitrogen and oxygen atoms in total. The zero-order valence-corrected chi connectivity index (χ0v) is 10.4. The second-order valence-electron chi connectivity index (χ2n) is 4.23. The zero-order chi connectivity index (χ0) is 13.0. The van der Waals surface area contributed by atoms with Gasteiger partial charge in [-0.2, -0.15) is 0 Å². The first-order chi connectivity index (χ1) is 7.95. The normalized spacial score (nSPS) is 12.2. The van der Waals surface area contributed by atoms with Crippen molar-refractivity contribution >= 4 is 17.3 Å². The van der Waals surface area contributed by atoms with Crippen LogP contribution >= 0.6 is 0 Å². The van der Waals surface area contributed by atoms with Crippen LogP contribution in [0.2, 0.25) is 0 Å². The third kappa shape index (κ3) is 3.30. The first-order valence-electron chi connectivity index (χ1n) is 5.57. The molecule has 1 aromatic heterocycles. The maximum Gasteiger partial charge on any atom is 0.311 e. The van der Waals surface area contributed by atoms with Gasteiger partial charge in [-0.15, -0.1) is 0 Å². The summed E-state index contributed by atoms with van der Waals surface area (Å²) in [6, 6.07) is 2.84. The fourth-order valence-corrected chi connectivity index (χ4v) is 1.56. The van der Waals surface area contributed by atoms with E-state index >= 15 is 0 Å². The number of hydrogen-bond donors (Lipinski definition) is 1. The number of nitrogens with two attached hydrogens (primary N) is 1. The summed E-state index contributed by atoms with van der Waals surface area (Å²) in [6.45, 7) is 4.89. The van der Waals surface area contributed by atoms with Gasteiger partial charge < -0.3 is 10.6 Å². The van der Waals surface area contributed by atoms with Crippen molar-refractivity contribution in [3.05, 3.63) is 22.2 Å². The summed E-state index contributed by atoms with van der Waals surface area (Å²) in [5.74, 6) is 1.07. The van der Waals surface area contributed by atoms with E-state index in [4.69, 9.17) is 5.73 Å². The van der Waals surface area contributed by atoms with Crippen LogP contribution in [0.1, 0.15) is 20.3 Å². The average molecular weight is 238 g/mol. The second kappa shape index (κ2) is 5.47. The molecule has 0 aromatic carbocycles. The fraction of sp³-hybridized carbons (Fsp3) is 0.545. The highest BCUT2D eigenvalue weighted by Gasteiger charge is 2.19. The molecule has 0 aliphatic carbocycles. The summed E-state index contributed by atoms with van der Waals surface area (Å²) in [4.78, 5) is 16.3. The zero-order valence-electron chi connectivity index (χ0n) is 10.4. The first kappa shape index (κ1) is 13.2. The van der Waals surface area contributed by atoms with Crippen molar-refractivity contribution in [1.82, 2.24) is 4.98 Å². The summed E-state index contributed by atoms with van der Waals surface area (Å²) in [7, 11) is 1.79. The highest BCUT2D eigenvalue weighted by atomic mass is 16.6. The van der Waals surface area contributed by atoms with E-state index in [0.717, 1.165) is 6.42 Å². The molecular formula is C11H18N4O2. The van der Waals surface area contributed by atoms with Crippen LogP contribution in [0.25, 0.3) is 0 Å². The molecule has 1 atom stereocenters. The van der Waals surface area contributed by atoms with Gasteiger partial charge in [-0.1, -0.05) is 20.3 Å². The number of nitro groups is 1.